The van der Waals surface area contributed by atoms with E-state index in [-0.39, 0.29) is 0 Å². The predicted octanol–water partition coefficient (Wildman–Crippen LogP) is 3.19. The second-order valence-electron chi connectivity index (χ2n) is 3.91. The lowest BCUT2D eigenvalue weighted by Crippen LogP contribution is -1.92. The SMILES string of the molecule is Nc1ccc2oc(COCc3cccs3)nc2c1. The van der Waals surface area contributed by atoms with Crippen molar-refractivity contribution in [3.8, 4) is 0 Å². The zero-order valence-corrected chi connectivity index (χ0v) is 10.4. The third-order valence-corrected chi connectivity index (χ3v) is 3.36. The molecular weight excluding hydrogens is 248 g/mol. The van der Waals surface area contributed by atoms with Crippen LogP contribution in [0.2, 0.25) is 0 Å². The Bertz CT molecular complexity index is 646. The fourth-order valence-corrected chi connectivity index (χ4v) is 2.33. The Morgan fingerprint density at radius 3 is 3.06 bits per heavy atom. The number of fused-ring (bicyclic) bond motifs is 1. The second kappa shape index (κ2) is 4.80. The molecule has 4 nitrogen and oxygen atoms in total. The standard InChI is InChI=1S/C13H12N2O2S/c14-9-3-4-12-11(6-9)15-13(17-12)8-16-7-10-2-1-5-18-10/h1-6H,7-8,14H2. The van der Waals surface area contributed by atoms with Crippen molar-refractivity contribution in [3.63, 3.8) is 0 Å². The van der Waals surface area contributed by atoms with Crippen molar-refractivity contribution in [2.45, 2.75) is 13.2 Å². The van der Waals surface area contributed by atoms with Crippen molar-refractivity contribution in [1.29, 1.82) is 0 Å². The number of thiophene rings is 1. The van der Waals surface area contributed by atoms with Crippen LogP contribution in [-0.2, 0) is 18.0 Å². The van der Waals surface area contributed by atoms with Crippen LogP contribution in [0.25, 0.3) is 11.1 Å². The molecule has 0 aliphatic carbocycles. The van der Waals surface area contributed by atoms with Crippen LogP contribution in [0.4, 0.5) is 5.69 Å². The van der Waals surface area contributed by atoms with E-state index in [9.17, 15) is 0 Å². The number of hydrogen-bond donors (Lipinski definition) is 1. The molecule has 0 aliphatic heterocycles. The highest BCUT2D eigenvalue weighted by Crippen LogP contribution is 2.19. The zero-order chi connectivity index (χ0) is 12.4. The van der Waals surface area contributed by atoms with Crippen LogP contribution in [0.5, 0.6) is 0 Å². The molecule has 0 spiro atoms. The number of ether oxygens (including phenoxy) is 1. The number of nitrogens with zero attached hydrogens (tertiary/aromatic N) is 1. The molecule has 0 saturated carbocycles. The highest BCUT2D eigenvalue weighted by Gasteiger charge is 2.06. The van der Waals surface area contributed by atoms with Crippen LogP contribution in [0.15, 0.2) is 40.1 Å². The van der Waals surface area contributed by atoms with Gasteiger partial charge in [-0.05, 0) is 29.6 Å². The molecule has 92 valence electrons. The van der Waals surface area contributed by atoms with Gasteiger partial charge in [0.2, 0.25) is 5.89 Å². The summed E-state index contributed by atoms with van der Waals surface area (Å²) in [6.07, 6.45) is 0. The Morgan fingerprint density at radius 2 is 2.22 bits per heavy atom. The van der Waals surface area contributed by atoms with Crippen molar-refractivity contribution in [2.75, 3.05) is 5.73 Å². The van der Waals surface area contributed by atoms with Crippen LogP contribution < -0.4 is 5.73 Å². The van der Waals surface area contributed by atoms with Gasteiger partial charge >= 0.3 is 0 Å². The summed E-state index contributed by atoms with van der Waals surface area (Å²) < 4.78 is 11.1. The molecule has 3 aromatic rings. The van der Waals surface area contributed by atoms with Gasteiger partial charge < -0.3 is 14.9 Å². The summed E-state index contributed by atoms with van der Waals surface area (Å²) >= 11 is 1.67. The van der Waals surface area contributed by atoms with Crippen LogP contribution in [-0.4, -0.2) is 4.98 Å². The monoisotopic (exact) mass is 260 g/mol. The molecule has 18 heavy (non-hydrogen) atoms. The summed E-state index contributed by atoms with van der Waals surface area (Å²) in [5.41, 5.74) is 7.87. The van der Waals surface area contributed by atoms with Gasteiger partial charge in [-0.2, -0.15) is 0 Å². The molecule has 5 heteroatoms. The van der Waals surface area contributed by atoms with Gasteiger partial charge in [0.25, 0.3) is 0 Å². The number of oxazole rings is 1. The molecule has 2 aromatic heterocycles. The molecular formula is C13H12N2O2S. The summed E-state index contributed by atoms with van der Waals surface area (Å²) in [5.74, 6) is 0.576. The lowest BCUT2D eigenvalue weighted by Gasteiger charge is -1.97. The average Bonchev–Trinajstić information content (AvgIpc) is 2.97. The van der Waals surface area contributed by atoms with E-state index in [1.54, 1.807) is 23.5 Å². The maximum absolute atomic E-state index is 5.69. The number of hydrogen-bond acceptors (Lipinski definition) is 5. The lowest BCUT2D eigenvalue weighted by molar-refractivity contribution is 0.0925. The minimum atomic E-state index is 0.368. The van der Waals surface area contributed by atoms with Gasteiger partial charge in [-0.3, -0.25) is 0 Å². The number of anilines is 1. The Kier molecular flexibility index (Phi) is 3.00. The Morgan fingerprint density at radius 1 is 1.28 bits per heavy atom. The Labute approximate surface area is 108 Å². The first-order chi connectivity index (χ1) is 8.81. The van der Waals surface area contributed by atoms with Gasteiger partial charge in [-0.25, -0.2) is 4.98 Å². The summed E-state index contributed by atoms with van der Waals surface area (Å²) in [6.45, 7) is 0.949. The van der Waals surface area contributed by atoms with Crippen molar-refractivity contribution in [2.24, 2.45) is 0 Å². The molecule has 0 atom stereocenters. The number of benzene rings is 1. The molecule has 1 aromatic carbocycles. The number of nitrogens with two attached hydrogens (primary N) is 1. The van der Waals surface area contributed by atoms with E-state index >= 15 is 0 Å². The van der Waals surface area contributed by atoms with Crippen molar-refractivity contribution in [1.82, 2.24) is 4.98 Å². The topological polar surface area (TPSA) is 61.3 Å². The number of rotatable bonds is 4. The van der Waals surface area contributed by atoms with Crippen molar-refractivity contribution >= 4 is 28.1 Å². The smallest absolute Gasteiger partial charge is 0.221 e. The van der Waals surface area contributed by atoms with E-state index in [2.05, 4.69) is 4.98 Å². The van der Waals surface area contributed by atoms with E-state index in [1.165, 1.54) is 4.88 Å². The van der Waals surface area contributed by atoms with Crippen LogP contribution in [0.1, 0.15) is 10.8 Å². The maximum Gasteiger partial charge on any atom is 0.221 e. The summed E-state index contributed by atoms with van der Waals surface area (Å²) in [7, 11) is 0. The fraction of sp³-hybridized carbons (Fsp3) is 0.154. The number of nitrogen functional groups attached to an aromatic ring is 1. The van der Waals surface area contributed by atoms with Gasteiger partial charge in [-0.1, -0.05) is 6.07 Å². The van der Waals surface area contributed by atoms with E-state index < -0.39 is 0 Å². The van der Waals surface area contributed by atoms with E-state index in [0.29, 0.717) is 24.8 Å². The molecule has 2 N–H and O–H groups in total. The highest BCUT2D eigenvalue weighted by atomic mass is 32.1. The van der Waals surface area contributed by atoms with Gasteiger partial charge in [0.15, 0.2) is 5.58 Å². The van der Waals surface area contributed by atoms with Gasteiger partial charge in [0.05, 0.1) is 6.61 Å². The lowest BCUT2D eigenvalue weighted by atomic mass is 10.3. The maximum atomic E-state index is 5.69. The molecule has 0 bridgehead atoms. The van der Waals surface area contributed by atoms with Crippen molar-refractivity contribution < 1.29 is 9.15 Å². The molecule has 2 heterocycles. The van der Waals surface area contributed by atoms with Crippen molar-refractivity contribution in [3.05, 3.63) is 46.5 Å². The number of aromatic nitrogens is 1. The Balaban J connectivity index is 1.67. The quantitative estimate of drug-likeness (QED) is 0.732. The van der Waals surface area contributed by atoms with Gasteiger partial charge in [0.1, 0.15) is 12.1 Å². The molecule has 0 unspecified atom stereocenters. The summed E-state index contributed by atoms with van der Waals surface area (Å²) in [6, 6.07) is 9.45. The van der Waals surface area contributed by atoms with Gasteiger partial charge in [-0.15, -0.1) is 11.3 Å². The first-order valence-corrected chi connectivity index (χ1v) is 6.44. The molecule has 3 rings (SSSR count). The van der Waals surface area contributed by atoms with Crippen LogP contribution in [0.3, 0.4) is 0 Å². The third-order valence-electron chi connectivity index (χ3n) is 2.51. The second-order valence-corrected chi connectivity index (χ2v) is 4.94. The minimum Gasteiger partial charge on any atom is -0.438 e. The molecule has 0 aliphatic rings. The largest absolute Gasteiger partial charge is 0.438 e. The molecule has 0 saturated heterocycles. The Hall–Kier alpha value is -1.85. The predicted molar refractivity (Wildman–Crippen MR) is 71.2 cm³/mol. The highest BCUT2D eigenvalue weighted by molar-refractivity contribution is 7.09. The van der Waals surface area contributed by atoms with Gasteiger partial charge in [0, 0.05) is 10.6 Å². The third kappa shape index (κ3) is 2.37. The zero-order valence-electron chi connectivity index (χ0n) is 9.63. The average molecular weight is 260 g/mol. The molecule has 0 amide bonds. The van der Waals surface area contributed by atoms with E-state index in [1.807, 2.05) is 23.6 Å². The van der Waals surface area contributed by atoms with Crippen LogP contribution >= 0.6 is 11.3 Å². The van der Waals surface area contributed by atoms with Crippen LogP contribution in [0, 0.1) is 0 Å². The fourth-order valence-electron chi connectivity index (χ4n) is 1.69. The minimum absolute atomic E-state index is 0.368. The van der Waals surface area contributed by atoms with E-state index in [0.717, 1.165) is 11.1 Å². The molecule has 0 fully saturated rings. The molecule has 0 radical (unpaired) electrons. The normalized spacial score (nSPS) is 11.1. The summed E-state index contributed by atoms with van der Waals surface area (Å²) in [5, 5.41) is 2.03. The first kappa shape index (κ1) is 11.3. The van der Waals surface area contributed by atoms with E-state index in [4.69, 9.17) is 14.9 Å². The summed E-state index contributed by atoms with van der Waals surface area (Å²) in [4.78, 5) is 5.51. The first-order valence-electron chi connectivity index (χ1n) is 5.56.